The van der Waals surface area contributed by atoms with Crippen molar-refractivity contribution in [3.63, 3.8) is 0 Å². The van der Waals surface area contributed by atoms with Crippen molar-refractivity contribution >= 4 is 20.7 Å². The highest BCUT2D eigenvalue weighted by atomic mass is 32.2. The van der Waals surface area contributed by atoms with Gasteiger partial charge in [-0.15, -0.1) is 0 Å². The third-order valence-electron chi connectivity index (χ3n) is 2.82. The zero-order chi connectivity index (χ0) is 14.0. The van der Waals surface area contributed by atoms with Gasteiger partial charge < -0.3 is 5.73 Å². The van der Waals surface area contributed by atoms with Gasteiger partial charge >= 0.3 is 0 Å². The topological polar surface area (TPSA) is 73.0 Å². The number of fused-ring (bicyclic) bond motifs is 1. The number of nitrogens with two attached hydrogens (primary N) is 1. The predicted molar refractivity (Wildman–Crippen MR) is 77.6 cm³/mol. The molecular formula is C14H18N2O2S. The lowest BCUT2D eigenvalue weighted by molar-refractivity contribution is 0.589. The lowest BCUT2D eigenvalue weighted by atomic mass is 10.1. The average molecular weight is 278 g/mol. The van der Waals surface area contributed by atoms with Crippen molar-refractivity contribution in [3.8, 4) is 0 Å². The molecule has 1 aromatic heterocycles. The van der Waals surface area contributed by atoms with Gasteiger partial charge in [0.05, 0.1) is 17.0 Å². The van der Waals surface area contributed by atoms with Gasteiger partial charge in [0.25, 0.3) is 0 Å². The molecule has 2 N–H and O–H groups in total. The Morgan fingerprint density at radius 1 is 1.32 bits per heavy atom. The van der Waals surface area contributed by atoms with Gasteiger partial charge in [-0.3, -0.25) is 4.98 Å². The van der Waals surface area contributed by atoms with Crippen molar-refractivity contribution < 1.29 is 8.42 Å². The van der Waals surface area contributed by atoms with Crippen LogP contribution in [0.2, 0.25) is 0 Å². The van der Waals surface area contributed by atoms with E-state index in [-0.39, 0.29) is 17.5 Å². The van der Waals surface area contributed by atoms with Crippen molar-refractivity contribution in [2.24, 2.45) is 5.73 Å². The number of nitrogens with zero attached hydrogens (tertiary/aromatic N) is 1. The molecule has 1 atom stereocenters. The molecule has 0 spiro atoms. The number of para-hydroxylation sites is 1. The van der Waals surface area contributed by atoms with Gasteiger partial charge in [0.2, 0.25) is 0 Å². The van der Waals surface area contributed by atoms with Crippen LogP contribution in [-0.2, 0) is 15.6 Å². The number of sulfone groups is 1. The molecule has 1 heterocycles. The Balaban J connectivity index is 2.46. The van der Waals surface area contributed by atoms with E-state index in [2.05, 4.69) is 4.98 Å². The van der Waals surface area contributed by atoms with E-state index in [9.17, 15) is 8.42 Å². The second-order valence-corrected chi connectivity index (χ2v) is 7.08. The molecule has 0 aliphatic heterocycles. The van der Waals surface area contributed by atoms with E-state index < -0.39 is 9.84 Å². The summed E-state index contributed by atoms with van der Waals surface area (Å²) in [7, 11) is -3.19. The first-order valence-corrected chi connectivity index (χ1v) is 8.01. The van der Waals surface area contributed by atoms with E-state index in [1.165, 1.54) is 0 Å². The minimum absolute atomic E-state index is 0.00268. The smallest absolute Gasteiger partial charge is 0.155 e. The molecule has 0 saturated heterocycles. The van der Waals surface area contributed by atoms with Gasteiger partial charge in [-0.2, -0.15) is 0 Å². The van der Waals surface area contributed by atoms with Crippen LogP contribution in [-0.4, -0.2) is 25.2 Å². The first-order valence-electron chi connectivity index (χ1n) is 6.19. The highest BCUT2D eigenvalue weighted by Crippen LogP contribution is 2.20. The summed E-state index contributed by atoms with van der Waals surface area (Å²) in [6, 6.07) is 9.07. The third-order valence-corrected chi connectivity index (χ3v) is 4.61. The predicted octanol–water partition coefficient (Wildman–Crippen LogP) is 1.81. The Morgan fingerprint density at radius 2 is 2.00 bits per heavy atom. The SMILES string of the molecule is Cc1cc(CS(=O)(=O)CC(C)N)c2ccccc2n1. The fraction of sp³-hybridized carbons (Fsp3) is 0.357. The third kappa shape index (κ3) is 3.52. The number of pyridine rings is 1. The van der Waals surface area contributed by atoms with Crippen LogP contribution in [0.4, 0.5) is 0 Å². The van der Waals surface area contributed by atoms with Gasteiger partial charge in [-0.1, -0.05) is 18.2 Å². The highest BCUT2D eigenvalue weighted by Gasteiger charge is 2.16. The standard InChI is InChI=1S/C14H18N2O2S/c1-10(15)8-19(17,18)9-12-7-11(2)16-14-6-4-3-5-13(12)14/h3-7,10H,8-9,15H2,1-2H3. The van der Waals surface area contributed by atoms with E-state index in [1.807, 2.05) is 37.3 Å². The van der Waals surface area contributed by atoms with Crippen LogP contribution < -0.4 is 5.73 Å². The lowest BCUT2D eigenvalue weighted by Gasteiger charge is -2.10. The molecule has 19 heavy (non-hydrogen) atoms. The van der Waals surface area contributed by atoms with Crippen LogP contribution in [0, 0.1) is 6.92 Å². The van der Waals surface area contributed by atoms with Crippen molar-refractivity contribution in [1.82, 2.24) is 4.98 Å². The summed E-state index contributed by atoms with van der Waals surface area (Å²) in [5, 5.41) is 0.890. The minimum Gasteiger partial charge on any atom is -0.327 e. The summed E-state index contributed by atoms with van der Waals surface area (Å²) in [6.07, 6.45) is 0. The van der Waals surface area contributed by atoms with Crippen LogP contribution in [0.1, 0.15) is 18.2 Å². The Labute approximate surface area is 113 Å². The van der Waals surface area contributed by atoms with Gasteiger partial charge in [0, 0.05) is 17.1 Å². The van der Waals surface area contributed by atoms with Gasteiger partial charge in [-0.05, 0) is 31.5 Å². The molecule has 102 valence electrons. The van der Waals surface area contributed by atoms with Crippen LogP contribution in [0.5, 0.6) is 0 Å². The summed E-state index contributed by atoms with van der Waals surface area (Å²) >= 11 is 0. The maximum absolute atomic E-state index is 12.1. The van der Waals surface area contributed by atoms with Crippen LogP contribution in [0.15, 0.2) is 30.3 Å². The van der Waals surface area contributed by atoms with Crippen LogP contribution >= 0.6 is 0 Å². The fourth-order valence-corrected chi connectivity index (χ4v) is 3.84. The number of aromatic nitrogens is 1. The lowest BCUT2D eigenvalue weighted by Crippen LogP contribution is -2.27. The number of hydrogen-bond acceptors (Lipinski definition) is 4. The van der Waals surface area contributed by atoms with Crippen molar-refractivity contribution in [3.05, 3.63) is 41.6 Å². The van der Waals surface area contributed by atoms with Gasteiger partial charge in [0.1, 0.15) is 0 Å². The summed E-state index contributed by atoms with van der Waals surface area (Å²) in [4.78, 5) is 4.41. The summed E-state index contributed by atoms with van der Waals surface area (Å²) in [5.41, 5.74) is 8.03. The average Bonchev–Trinajstić information content (AvgIpc) is 2.26. The number of aryl methyl sites for hydroxylation is 1. The maximum atomic E-state index is 12.1. The molecular weight excluding hydrogens is 260 g/mol. The largest absolute Gasteiger partial charge is 0.327 e. The van der Waals surface area contributed by atoms with Crippen LogP contribution in [0.25, 0.3) is 10.9 Å². The normalized spacial score (nSPS) is 13.6. The molecule has 2 rings (SSSR count). The van der Waals surface area contributed by atoms with E-state index in [4.69, 9.17) is 5.73 Å². The molecule has 0 aliphatic rings. The Morgan fingerprint density at radius 3 is 2.68 bits per heavy atom. The van der Waals surface area contributed by atoms with E-state index in [0.717, 1.165) is 22.2 Å². The molecule has 5 heteroatoms. The second kappa shape index (κ2) is 5.27. The van der Waals surface area contributed by atoms with E-state index in [1.54, 1.807) is 6.92 Å². The van der Waals surface area contributed by atoms with Gasteiger partial charge in [0.15, 0.2) is 9.84 Å². The number of rotatable bonds is 4. The molecule has 4 nitrogen and oxygen atoms in total. The molecule has 0 amide bonds. The Kier molecular flexibility index (Phi) is 3.87. The monoisotopic (exact) mass is 278 g/mol. The Bertz CT molecular complexity index is 694. The van der Waals surface area contributed by atoms with Crippen molar-refractivity contribution in [2.45, 2.75) is 25.6 Å². The molecule has 0 radical (unpaired) electrons. The fourth-order valence-electron chi connectivity index (χ4n) is 2.21. The Hall–Kier alpha value is -1.46. The zero-order valence-electron chi connectivity index (χ0n) is 11.1. The van der Waals surface area contributed by atoms with E-state index in [0.29, 0.717) is 0 Å². The molecule has 2 aromatic rings. The highest BCUT2D eigenvalue weighted by molar-refractivity contribution is 7.90. The minimum atomic E-state index is -3.19. The molecule has 1 unspecified atom stereocenters. The molecule has 0 aliphatic carbocycles. The zero-order valence-corrected chi connectivity index (χ0v) is 11.9. The molecule has 0 fully saturated rings. The summed E-state index contributed by atoms with van der Waals surface area (Å²) in [5.74, 6) is 0.0150. The summed E-state index contributed by atoms with van der Waals surface area (Å²) < 4.78 is 24.1. The molecule has 1 aromatic carbocycles. The molecule has 0 saturated carbocycles. The number of hydrogen-bond donors (Lipinski definition) is 1. The second-order valence-electron chi connectivity index (χ2n) is 4.97. The first-order chi connectivity index (χ1) is 8.87. The van der Waals surface area contributed by atoms with Crippen molar-refractivity contribution in [1.29, 1.82) is 0 Å². The molecule has 0 bridgehead atoms. The van der Waals surface area contributed by atoms with Crippen molar-refractivity contribution in [2.75, 3.05) is 5.75 Å². The number of benzene rings is 1. The van der Waals surface area contributed by atoms with Crippen LogP contribution in [0.3, 0.4) is 0 Å². The first kappa shape index (κ1) is 14.0. The summed E-state index contributed by atoms with van der Waals surface area (Å²) in [6.45, 7) is 3.57. The quantitative estimate of drug-likeness (QED) is 0.925. The maximum Gasteiger partial charge on any atom is 0.155 e. The van der Waals surface area contributed by atoms with E-state index >= 15 is 0 Å². The van der Waals surface area contributed by atoms with Gasteiger partial charge in [-0.25, -0.2) is 8.42 Å².